The van der Waals surface area contributed by atoms with Crippen molar-refractivity contribution in [2.24, 2.45) is 0 Å². The van der Waals surface area contributed by atoms with Gasteiger partial charge < -0.3 is 0 Å². The van der Waals surface area contributed by atoms with Crippen molar-refractivity contribution in [2.75, 3.05) is 0 Å². The number of aryl methyl sites for hydroxylation is 2. The Morgan fingerprint density at radius 2 is 1.29 bits per heavy atom. The fourth-order valence-electron chi connectivity index (χ4n) is 3.29. The molecule has 3 heteroatoms. The van der Waals surface area contributed by atoms with Crippen molar-refractivity contribution in [3.63, 3.8) is 0 Å². The first-order chi connectivity index (χ1) is 10.1. The zero-order valence-corrected chi connectivity index (χ0v) is 17.7. The molecule has 0 aliphatic carbocycles. The van der Waals surface area contributed by atoms with Gasteiger partial charge in [-0.25, -0.2) is 0 Å². The number of aromatic nitrogens is 2. The van der Waals surface area contributed by atoms with Crippen molar-refractivity contribution >= 4 is 22.1 Å². The average molecular weight is 397 g/mol. The van der Waals surface area contributed by atoms with Crippen LogP contribution in [-0.2, 0) is 0 Å². The molecule has 0 unspecified atom stereocenters. The molecule has 120 valence electrons. The third kappa shape index (κ3) is 5.88. The average Bonchev–Trinajstić information content (AvgIpc) is 2.46. The Labute approximate surface area is 136 Å². The molecule has 0 atom stereocenters. The third-order valence-electron chi connectivity index (χ3n) is 4.54. The number of unbranched alkanes of at least 4 members (excludes halogenated alkanes) is 3. The van der Waals surface area contributed by atoms with Crippen LogP contribution in [0.2, 0.25) is 13.3 Å². The van der Waals surface area contributed by atoms with Gasteiger partial charge in [-0.05, 0) is 0 Å². The fraction of sp³-hybridized carbons (Fsp3) is 0.778. The van der Waals surface area contributed by atoms with Crippen molar-refractivity contribution in [2.45, 2.75) is 86.5 Å². The molecule has 1 aromatic rings. The molecule has 0 fully saturated rings. The van der Waals surface area contributed by atoms with E-state index in [0.717, 1.165) is 5.82 Å². The van der Waals surface area contributed by atoms with Crippen LogP contribution in [0.15, 0.2) is 6.07 Å². The first-order valence-electron chi connectivity index (χ1n) is 8.90. The fourth-order valence-corrected chi connectivity index (χ4v) is 19.1. The van der Waals surface area contributed by atoms with Crippen molar-refractivity contribution in [1.29, 1.82) is 0 Å². The molecule has 0 aliphatic heterocycles. The molecule has 0 saturated carbocycles. The summed E-state index contributed by atoms with van der Waals surface area (Å²) in [5, 5.41) is 0. The Kier molecular flexibility index (Phi) is 8.84. The zero-order valence-electron chi connectivity index (χ0n) is 14.8. The predicted octanol–water partition coefficient (Wildman–Crippen LogP) is 5.15. The minimum atomic E-state index is -2.33. The van der Waals surface area contributed by atoms with Gasteiger partial charge in [0, 0.05) is 0 Å². The molecule has 0 N–H and O–H groups in total. The maximum atomic E-state index is 4.95. The molecule has 0 bridgehead atoms. The van der Waals surface area contributed by atoms with Gasteiger partial charge in [0.05, 0.1) is 0 Å². The summed E-state index contributed by atoms with van der Waals surface area (Å²) < 4.78 is 5.98. The van der Waals surface area contributed by atoms with Gasteiger partial charge >= 0.3 is 136 Å². The Hall–Kier alpha value is -0.121. The molecule has 0 aromatic carbocycles. The van der Waals surface area contributed by atoms with Crippen LogP contribution in [0.4, 0.5) is 0 Å². The number of hydrogen-bond donors (Lipinski definition) is 0. The normalized spacial score (nSPS) is 11.9. The van der Waals surface area contributed by atoms with Crippen LogP contribution < -0.4 is 3.71 Å². The van der Waals surface area contributed by atoms with E-state index in [9.17, 15) is 0 Å². The molecule has 2 nitrogen and oxygen atoms in total. The van der Waals surface area contributed by atoms with E-state index in [2.05, 4.69) is 45.7 Å². The molecule has 0 amide bonds. The topological polar surface area (TPSA) is 25.8 Å². The predicted molar refractivity (Wildman–Crippen MR) is 96.0 cm³/mol. The van der Waals surface area contributed by atoms with E-state index in [1.54, 1.807) is 0 Å². The van der Waals surface area contributed by atoms with Crippen LogP contribution >= 0.6 is 0 Å². The SMILES string of the molecule is CCC[CH2][Sn]([CH2]CCC)([CH2]CCC)[c]1cc(C)nc(C)n1. The van der Waals surface area contributed by atoms with Gasteiger partial charge in [0.25, 0.3) is 0 Å². The third-order valence-corrected chi connectivity index (χ3v) is 19.6. The minimum absolute atomic E-state index is 0.982. The molecule has 0 radical (unpaired) electrons. The van der Waals surface area contributed by atoms with Crippen LogP contribution in [0.1, 0.15) is 70.8 Å². The standard InChI is InChI=1S/C6H7N2.3C4H9.Sn/c1-5-3-4-7-6(2)8-5;3*1-3-4-2;/h3H,1-2H3;3*1,3-4H2,2H3;. The van der Waals surface area contributed by atoms with Crippen LogP contribution in [0.25, 0.3) is 0 Å². The van der Waals surface area contributed by atoms with Gasteiger partial charge in [0.15, 0.2) is 0 Å². The van der Waals surface area contributed by atoms with Crippen LogP contribution in [0.3, 0.4) is 0 Å². The molecule has 1 rings (SSSR count). The molecule has 21 heavy (non-hydrogen) atoms. The molecule has 0 spiro atoms. The van der Waals surface area contributed by atoms with E-state index >= 15 is 0 Å². The summed E-state index contributed by atoms with van der Waals surface area (Å²) in [6, 6.07) is 2.34. The number of hydrogen-bond acceptors (Lipinski definition) is 2. The van der Waals surface area contributed by atoms with Gasteiger partial charge in [-0.15, -0.1) is 0 Å². The summed E-state index contributed by atoms with van der Waals surface area (Å²) in [7, 11) is 0. The Balaban J connectivity index is 3.15. The summed E-state index contributed by atoms with van der Waals surface area (Å²) in [6.07, 6.45) is 8.14. The zero-order chi connectivity index (χ0) is 15.7. The maximum absolute atomic E-state index is 4.95. The molecule has 0 saturated heterocycles. The second-order valence-electron chi connectivity index (χ2n) is 6.53. The molecule has 0 aliphatic rings. The first kappa shape index (κ1) is 18.9. The van der Waals surface area contributed by atoms with Crippen molar-refractivity contribution in [1.82, 2.24) is 9.97 Å². The second kappa shape index (κ2) is 9.81. The first-order valence-corrected chi connectivity index (χ1v) is 16.4. The quantitative estimate of drug-likeness (QED) is 0.511. The number of nitrogens with zero attached hydrogens (tertiary/aromatic N) is 2. The summed E-state index contributed by atoms with van der Waals surface area (Å²) in [5.74, 6) is 0.982. The summed E-state index contributed by atoms with van der Waals surface area (Å²) >= 11 is -2.33. The van der Waals surface area contributed by atoms with Gasteiger partial charge in [-0.3, -0.25) is 0 Å². The van der Waals surface area contributed by atoms with Crippen LogP contribution in [-0.4, -0.2) is 28.3 Å². The van der Waals surface area contributed by atoms with Crippen molar-refractivity contribution in [3.8, 4) is 0 Å². The molecular weight excluding hydrogens is 363 g/mol. The molecule has 1 heterocycles. The Morgan fingerprint density at radius 3 is 1.67 bits per heavy atom. The molecular formula is C18H34N2Sn. The van der Waals surface area contributed by atoms with Crippen LogP contribution in [0, 0.1) is 13.8 Å². The summed E-state index contributed by atoms with van der Waals surface area (Å²) in [4.78, 5) is 9.46. The van der Waals surface area contributed by atoms with E-state index < -0.39 is 18.4 Å². The van der Waals surface area contributed by atoms with E-state index in [4.69, 9.17) is 4.98 Å². The Bertz CT molecular complexity index is 376. The van der Waals surface area contributed by atoms with Gasteiger partial charge in [0.2, 0.25) is 0 Å². The molecule has 1 aromatic heterocycles. The van der Waals surface area contributed by atoms with E-state index in [0.29, 0.717) is 0 Å². The van der Waals surface area contributed by atoms with E-state index in [1.807, 2.05) is 0 Å². The van der Waals surface area contributed by atoms with Gasteiger partial charge in [-0.2, -0.15) is 0 Å². The Morgan fingerprint density at radius 1 is 0.810 bits per heavy atom. The monoisotopic (exact) mass is 398 g/mol. The van der Waals surface area contributed by atoms with Crippen LogP contribution in [0.5, 0.6) is 0 Å². The number of rotatable bonds is 10. The summed E-state index contributed by atoms with van der Waals surface area (Å²) in [5.41, 5.74) is 1.17. The van der Waals surface area contributed by atoms with Gasteiger partial charge in [-0.1, -0.05) is 0 Å². The van der Waals surface area contributed by atoms with Crippen molar-refractivity contribution < 1.29 is 0 Å². The summed E-state index contributed by atoms with van der Waals surface area (Å²) in [6.45, 7) is 11.2. The van der Waals surface area contributed by atoms with Gasteiger partial charge in [0.1, 0.15) is 0 Å². The van der Waals surface area contributed by atoms with E-state index in [1.165, 1.54) is 61.2 Å². The van der Waals surface area contributed by atoms with Crippen molar-refractivity contribution in [3.05, 3.63) is 17.6 Å². The van der Waals surface area contributed by atoms with E-state index in [-0.39, 0.29) is 0 Å². The second-order valence-corrected chi connectivity index (χ2v) is 19.6.